The first-order valence-corrected chi connectivity index (χ1v) is 14.8. The zero-order chi connectivity index (χ0) is 24.3. The van der Waals surface area contributed by atoms with E-state index >= 15 is 0 Å². The van der Waals surface area contributed by atoms with E-state index in [1.807, 2.05) is 28.1 Å². The number of unbranched alkanes of at least 4 members (excludes halogenated alkanes) is 9. The van der Waals surface area contributed by atoms with Crippen molar-refractivity contribution in [2.24, 2.45) is 5.92 Å². The summed E-state index contributed by atoms with van der Waals surface area (Å²) in [5, 5.41) is 0. The summed E-state index contributed by atoms with van der Waals surface area (Å²) in [6.45, 7) is 4.35. The van der Waals surface area contributed by atoms with Crippen LogP contribution in [0.5, 0.6) is 0 Å². The van der Waals surface area contributed by atoms with Gasteiger partial charge in [0.15, 0.2) is 0 Å². The summed E-state index contributed by atoms with van der Waals surface area (Å²) in [5.74, 6) is 1.23. The molecule has 0 amide bonds. The molecule has 0 rings (SSSR count). The van der Waals surface area contributed by atoms with Crippen LogP contribution in [0.2, 0.25) is 0 Å². The highest BCUT2D eigenvalue weighted by Gasteiger charge is 2.16. The third kappa shape index (κ3) is 21.7. The van der Waals surface area contributed by atoms with Gasteiger partial charge >= 0.3 is 5.97 Å². The Labute approximate surface area is 201 Å². The van der Waals surface area contributed by atoms with Gasteiger partial charge < -0.3 is 23.2 Å². The van der Waals surface area contributed by atoms with Crippen molar-refractivity contribution in [3.63, 3.8) is 0 Å². The van der Waals surface area contributed by atoms with Crippen LogP contribution in [0.1, 0.15) is 78.1 Å². The molecule has 0 heterocycles. The molecule has 0 aromatic heterocycles. The predicted octanol–water partition coefficient (Wildman–Crippen LogP) is 5.03. The Kier molecular flexibility index (Phi) is 19.2. The van der Waals surface area contributed by atoms with Gasteiger partial charge in [-0.25, -0.2) is 0 Å². The van der Waals surface area contributed by atoms with E-state index in [-0.39, 0.29) is 31.7 Å². The maximum absolute atomic E-state index is 12.0. The zero-order valence-electron chi connectivity index (χ0n) is 21.1. The van der Waals surface area contributed by atoms with Gasteiger partial charge in [-0.15, -0.1) is 0 Å². The summed E-state index contributed by atoms with van der Waals surface area (Å²) in [6, 6.07) is 0. The molecule has 9 heteroatoms. The number of phosphoric acid groups is 1. The minimum atomic E-state index is -4.36. The molecule has 2 unspecified atom stereocenters. The van der Waals surface area contributed by atoms with Gasteiger partial charge in [0, 0.05) is 5.75 Å². The molecule has 0 spiro atoms. The van der Waals surface area contributed by atoms with Gasteiger partial charge in [0.05, 0.1) is 33.7 Å². The molecule has 0 fully saturated rings. The second-order valence-electron chi connectivity index (χ2n) is 9.45. The van der Waals surface area contributed by atoms with E-state index in [9.17, 15) is 14.3 Å². The molecule has 2 atom stereocenters. The monoisotopic (exact) mass is 497 g/mol. The SMILES string of the molecule is CCCCCCCCCCCCSCC(C)C(=O)OCCOP(=O)([O-])OCC[N+](C)(C)C. The molecule has 0 saturated heterocycles. The minimum absolute atomic E-state index is 0.0529. The number of likely N-dealkylation sites (N-methyl/N-ethyl adjacent to an activating group) is 1. The maximum Gasteiger partial charge on any atom is 0.309 e. The molecule has 0 aliphatic heterocycles. The van der Waals surface area contributed by atoms with Gasteiger partial charge in [-0.1, -0.05) is 71.6 Å². The van der Waals surface area contributed by atoms with Crippen LogP contribution >= 0.6 is 19.6 Å². The standard InChI is InChI=1S/C23H48NO6PS/c1-6-7-8-9-10-11-12-13-14-15-20-32-21-22(2)23(25)28-18-19-30-31(26,27)29-17-16-24(3,4)5/h22H,6-21H2,1-5H3. The number of ether oxygens (including phenoxy) is 1. The van der Waals surface area contributed by atoms with Crippen LogP contribution < -0.4 is 4.89 Å². The smallest absolute Gasteiger partial charge is 0.309 e. The zero-order valence-corrected chi connectivity index (χ0v) is 22.9. The number of carbonyl (C=O) groups excluding carboxylic acids is 1. The number of esters is 1. The lowest BCUT2D eigenvalue weighted by Crippen LogP contribution is -2.37. The number of carbonyl (C=O) groups is 1. The van der Waals surface area contributed by atoms with Crippen molar-refractivity contribution in [1.82, 2.24) is 0 Å². The molecule has 32 heavy (non-hydrogen) atoms. The first-order valence-electron chi connectivity index (χ1n) is 12.2. The Morgan fingerprint density at radius 3 is 2.00 bits per heavy atom. The van der Waals surface area contributed by atoms with Gasteiger partial charge in [0.2, 0.25) is 0 Å². The second-order valence-corrected chi connectivity index (χ2v) is 12.0. The fourth-order valence-electron chi connectivity index (χ4n) is 2.92. The van der Waals surface area contributed by atoms with Crippen LogP contribution in [0.4, 0.5) is 0 Å². The summed E-state index contributed by atoms with van der Waals surface area (Å²) >= 11 is 1.77. The minimum Gasteiger partial charge on any atom is -0.756 e. The van der Waals surface area contributed by atoms with Crippen LogP contribution in [0.25, 0.3) is 0 Å². The van der Waals surface area contributed by atoms with E-state index in [2.05, 4.69) is 6.92 Å². The Morgan fingerprint density at radius 1 is 0.906 bits per heavy atom. The largest absolute Gasteiger partial charge is 0.756 e. The first kappa shape index (κ1) is 31.9. The van der Waals surface area contributed by atoms with Gasteiger partial charge in [-0.2, -0.15) is 11.8 Å². The normalized spacial score (nSPS) is 14.8. The quantitative estimate of drug-likeness (QED) is 0.0898. The summed E-state index contributed by atoms with van der Waals surface area (Å²) in [6.07, 6.45) is 13.2. The Balaban J connectivity index is 3.61. The van der Waals surface area contributed by atoms with Gasteiger partial charge in [-0.05, 0) is 12.2 Å². The Morgan fingerprint density at radius 2 is 1.44 bits per heavy atom. The average Bonchev–Trinajstić information content (AvgIpc) is 2.70. The fraction of sp³-hybridized carbons (Fsp3) is 0.957. The molecule has 0 saturated carbocycles. The lowest BCUT2D eigenvalue weighted by molar-refractivity contribution is -0.870. The number of rotatable bonds is 22. The van der Waals surface area contributed by atoms with Crippen LogP contribution in [0, 0.1) is 5.92 Å². The van der Waals surface area contributed by atoms with E-state index in [1.165, 1.54) is 64.2 Å². The molecule has 7 nitrogen and oxygen atoms in total. The highest BCUT2D eigenvalue weighted by molar-refractivity contribution is 7.99. The third-order valence-electron chi connectivity index (χ3n) is 5.00. The third-order valence-corrected chi connectivity index (χ3v) is 7.31. The number of hydrogen-bond acceptors (Lipinski definition) is 7. The molecule has 0 aromatic rings. The molecule has 192 valence electrons. The lowest BCUT2D eigenvalue weighted by Gasteiger charge is -2.27. The number of quaternary nitrogens is 1. The van der Waals surface area contributed by atoms with Crippen LogP contribution in [-0.4, -0.2) is 69.5 Å². The van der Waals surface area contributed by atoms with Crippen molar-refractivity contribution in [3.8, 4) is 0 Å². The summed E-state index contributed by atoms with van der Waals surface area (Å²) < 4.78 is 26.9. The summed E-state index contributed by atoms with van der Waals surface area (Å²) in [5.41, 5.74) is 0. The molecule has 0 aliphatic rings. The van der Waals surface area contributed by atoms with Gasteiger partial charge in [0.1, 0.15) is 19.8 Å². The molecule has 0 aromatic carbocycles. The number of thioether (sulfide) groups is 1. The van der Waals surface area contributed by atoms with Crippen molar-refractivity contribution in [1.29, 1.82) is 0 Å². The molecular formula is C23H48NO6PS. The second kappa shape index (κ2) is 19.2. The van der Waals surface area contributed by atoms with Crippen molar-refractivity contribution in [3.05, 3.63) is 0 Å². The highest BCUT2D eigenvalue weighted by atomic mass is 32.2. The molecular weight excluding hydrogens is 449 g/mol. The summed E-state index contributed by atoms with van der Waals surface area (Å²) in [4.78, 5) is 23.7. The van der Waals surface area contributed by atoms with Crippen LogP contribution in [0.15, 0.2) is 0 Å². The van der Waals surface area contributed by atoms with E-state index in [4.69, 9.17) is 13.8 Å². The van der Waals surface area contributed by atoms with Crippen LogP contribution in [-0.2, 0) is 23.1 Å². The van der Waals surface area contributed by atoms with E-state index in [0.29, 0.717) is 16.8 Å². The number of nitrogens with zero attached hydrogens (tertiary/aromatic N) is 1. The predicted molar refractivity (Wildman–Crippen MR) is 132 cm³/mol. The topological polar surface area (TPSA) is 84.9 Å². The lowest BCUT2D eigenvalue weighted by atomic mass is 10.1. The number of hydrogen-bond donors (Lipinski definition) is 0. The summed E-state index contributed by atoms with van der Waals surface area (Å²) in [7, 11) is 1.46. The van der Waals surface area contributed by atoms with Crippen molar-refractivity contribution in [2.45, 2.75) is 78.1 Å². The molecule has 0 aliphatic carbocycles. The van der Waals surface area contributed by atoms with E-state index < -0.39 is 7.82 Å². The molecule has 0 bridgehead atoms. The molecule has 0 N–H and O–H groups in total. The Hall–Kier alpha value is -0.110. The van der Waals surface area contributed by atoms with Crippen LogP contribution in [0.3, 0.4) is 0 Å². The van der Waals surface area contributed by atoms with Gasteiger partial charge in [-0.3, -0.25) is 9.36 Å². The van der Waals surface area contributed by atoms with Crippen molar-refractivity contribution in [2.75, 3.05) is 59.0 Å². The van der Waals surface area contributed by atoms with Gasteiger partial charge in [0.25, 0.3) is 7.82 Å². The fourth-order valence-corrected chi connectivity index (χ4v) is 4.66. The molecule has 0 radical (unpaired) electrons. The average molecular weight is 498 g/mol. The van der Waals surface area contributed by atoms with E-state index in [0.717, 1.165) is 5.75 Å². The first-order chi connectivity index (χ1) is 15.1. The Bertz CT molecular complexity index is 515. The van der Waals surface area contributed by atoms with Crippen molar-refractivity contribution >= 4 is 25.6 Å². The number of phosphoric ester groups is 1. The maximum atomic E-state index is 12.0. The van der Waals surface area contributed by atoms with E-state index in [1.54, 1.807) is 11.8 Å². The highest BCUT2D eigenvalue weighted by Crippen LogP contribution is 2.37. The van der Waals surface area contributed by atoms with Crippen molar-refractivity contribution < 1.29 is 32.5 Å².